The molecule has 0 amide bonds. The van der Waals surface area contributed by atoms with Gasteiger partial charge in [0.15, 0.2) is 0 Å². The number of alkyl halides is 2. The second kappa shape index (κ2) is 4.15. The van der Waals surface area contributed by atoms with Crippen molar-refractivity contribution in [1.29, 1.82) is 0 Å². The highest BCUT2D eigenvalue weighted by Gasteiger charge is 2.37. The average molecular weight is 232 g/mol. The van der Waals surface area contributed by atoms with Crippen LogP contribution in [0.2, 0.25) is 0 Å². The van der Waals surface area contributed by atoms with E-state index in [1.807, 2.05) is 0 Å². The van der Waals surface area contributed by atoms with Gasteiger partial charge in [0.1, 0.15) is 17.1 Å². The number of hydrogen-bond donors (Lipinski definition) is 0. The van der Waals surface area contributed by atoms with Gasteiger partial charge in [0.05, 0.1) is 7.11 Å². The van der Waals surface area contributed by atoms with Gasteiger partial charge in [0, 0.05) is 6.92 Å². The predicted octanol–water partition coefficient (Wildman–Crippen LogP) is 2.98. The number of aryl methyl sites for hydroxylation is 1. The summed E-state index contributed by atoms with van der Waals surface area (Å²) < 4.78 is 44.0. The molecule has 0 aliphatic rings. The lowest BCUT2D eigenvalue weighted by atomic mass is 10.0. The maximum Gasteiger partial charge on any atom is 0.307 e. The topological polar surface area (TPSA) is 26.3 Å². The fourth-order valence-corrected chi connectivity index (χ4v) is 1.26. The van der Waals surface area contributed by atoms with Crippen molar-refractivity contribution in [1.82, 2.24) is 0 Å². The van der Waals surface area contributed by atoms with E-state index in [4.69, 9.17) is 4.74 Å². The number of benzene rings is 1. The number of hydrogen-bond acceptors (Lipinski definition) is 2. The van der Waals surface area contributed by atoms with Crippen molar-refractivity contribution in [2.24, 2.45) is 0 Å². The molecule has 88 valence electrons. The molecule has 0 radical (unpaired) electrons. The number of ketones is 1. The van der Waals surface area contributed by atoms with Crippen molar-refractivity contribution in [2.75, 3.05) is 7.11 Å². The largest absolute Gasteiger partial charge is 0.496 e. The molecule has 0 aromatic heterocycles. The number of Topliss-reactive ketones (excluding diaryl/α,β-unsaturated/α-hetero) is 1. The molecule has 2 nitrogen and oxygen atoms in total. The normalized spacial score (nSPS) is 11.4. The minimum atomic E-state index is -3.62. The van der Waals surface area contributed by atoms with Crippen LogP contribution in [0.25, 0.3) is 0 Å². The van der Waals surface area contributed by atoms with E-state index in [2.05, 4.69) is 0 Å². The molecular formula is C11H11F3O2. The Bertz CT molecular complexity index is 422. The lowest BCUT2D eigenvalue weighted by molar-refractivity contribution is 0.0214. The van der Waals surface area contributed by atoms with Crippen molar-refractivity contribution < 1.29 is 22.7 Å². The maximum atomic E-state index is 13.6. The zero-order chi connectivity index (χ0) is 12.5. The van der Waals surface area contributed by atoms with E-state index in [9.17, 15) is 18.0 Å². The van der Waals surface area contributed by atoms with Crippen molar-refractivity contribution in [3.05, 3.63) is 29.1 Å². The lowest BCUT2D eigenvalue weighted by Gasteiger charge is -2.14. The molecule has 0 unspecified atom stereocenters. The summed E-state index contributed by atoms with van der Waals surface area (Å²) in [5.74, 6) is -6.35. The number of carbonyl (C=O) groups excluding carboxylic acids is 1. The van der Waals surface area contributed by atoms with Gasteiger partial charge in [-0.2, -0.15) is 8.78 Å². The monoisotopic (exact) mass is 232 g/mol. The Morgan fingerprint density at radius 1 is 1.38 bits per heavy atom. The molecule has 0 bridgehead atoms. The predicted molar refractivity (Wildman–Crippen MR) is 52.6 cm³/mol. The number of rotatable bonds is 3. The quantitative estimate of drug-likeness (QED) is 0.749. The molecule has 0 saturated heterocycles. The molecule has 0 N–H and O–H groups in total. The number of ether oxygens (including phenoxy) is 1. The number of methoxy groups -OCH3 is 1. The summed E-state index contributed by atoms with van der Waals surface area (Å²) in [5.41, 5.74) is -0.580. The Labute approximate surface area is 91.0 Å². The summed E-state index contributed by atoms with van der Waals surface area (Å²) in [6.45, 7) is 1.82. The molecule has 0 saturated carbocycles. The summed E-state index contributed by atoms with van der Waals surface area (Å²) in [6, 6.07) is 2.65. The highest BCUT2D eigenvalue weighted by Crippen LogP contribution is 2.29. The van der Waals surface area contributed by atoms with Crippen molar-refractivity contribution in [2.45, 2.75) is 19.8 Å². The first kappa shape index (κ1) is 12.5. The first-order chi connectivity index (χ1) is 7.29. The van der Waals surface area contributed by atoms with Crippen LogP contribution < -0.4 is 4.74 Å². The van der Waals surface area contributed by atoms with Crippen LogP contribution in [-0.4, -0.2) is 18.8 Å². The average Bonchev–Trinajstić information content (AvgIpc) is 2.19. The Hall–Kier alpha value is -1.52. The first-order valence-corrected chi connectivity index (χ1v) is 4.54. The van der Waals surface area contributed by atoms with E-state index >= 15 is 0 Å². The molecule has 0 spiro atoms. The van der Waals surface area contributed by atoms with Gasteiger partial charge in [-0.25, -0.2) is 4.39 Å². The second-order valence-electron chi connectivity index (χ2n) is 3.49. The van der Waals surface area contributed by atoms with Gasteiger partial charge in [-0.15, -0.1) is 0 Å². The molecule has 5 heteroatoms. The van der Waals surface area contributed by atoms with E-state index in [0.29, 0.717) is 6.92 Å². The second-order valence-corrected chi connectivity index (χ2v) is 3.49. The Morgan fingerprint density at radius 2 is 1.94 bits per heavy atom. The zero-order valence-electron chi connectivity index (χ0n) is 9.11. The third kappa shape index (κ3) is 2.18. The van der Waals surface area contributed by atoms with Crippen LogP contribution in [-0.2, 0) is 0 Å². The summed E-state index contributed by atoms with van der Waals surface area (Å²) in [4.78, 5) is 11.3. The maximum absolute atomic E-state index is 13.6. The molecule has 0 atom stereocenters. The summed E-state index contributed by atoms with van der Waals surface area (Å²) in [7, 11) is 1.19. The Kier molecular flexibility index (Phi) is 3.26. The van der Waals surface area contributed by atoms with E-state index in [-0.39, 0.29) is 11.3 Å². The fourth-order valence-electron chi connectivity index (χ4n) is 1.26. The Balaban J connectivity index is 3.42. The highest BCUT2D eigenvalue weighted by molar-refractivity contribution is 6.03. The molecule has 0 aliphatic carbocycles. The highest BCUT2D eigenvalue weighted by atomic mass is 19.3. The summed E-state index contributed by atoms with van der Waals surface area (Å²) in [6.07, 6.45) is 0. The van der Waals surface area contributed by atoms with Crippen LogP contribution in [0.1, 0.15) is 22.8 Å². The molecule has 16 heavy (non-hydrogen) atoms. The molecule has 0 aliphatic heterocycles. The Morgan fingerprint density at radius 3 is 2.38 bits per heavy atom. The molecule has 1 rings (SSSR count). The number of carbonyl (C=O) groups is 1. The van der Waals surface area contributed by atoms with E-state index in [1.165, 1.54) is 26.2 Å². The molecule has 0 fully saturated rings. The minimum Gasteiger partial charge on any atom is -0.496 e. The van der Waals surface area contributed by atoms with E-state index in [0.717, 1.165) is 0 Å². The number of halogens is 3. The molecule has 0 heterocycles. The smallest absolute Gasteiger partial charge is 0.307 e. The zero-order valence-corrected chi connectivity index (χ0v) is 9.11. The van der Waals surface area contributed by atoms with Gasteiger partial charge in [-0.05, 0) is 18.6 Å². The lowest BCUT2D eigenvalue weighted by Crippen LogP contribution is -2.26. The minimum absolute atomic E-state index is 0.119. The van der Waals surface area contributed by atoms with E-state index < -0.39 is 23.1 Å². The standard InChI is InChI=1S/C11H11F3O2/c1-6-4-5-7(16-3)8(9(6)12)10(15)11(2,13)14/h4-5H,1-3H3. The third-order valence-corrected chi connectivity index (χ3v) is 2.14. The van der Waals surface area contributed by atoms with Crippen LogP contribution in [0, 0.1) is 12.7 Å². The molecular weight excluding hydrogens is 221 g/mol. The van der Waals surface area contributed by atoms with Gasteiger partial charge in [-0.1, -0.05) is 6.07 Å². The van der Waals surface area contributed by atoms with Crippen LogP contribution in [0.5, 0.6) is 5.75 Å². The summed E-state index contributed by atoms with van der Waals surface area (Å²) in [5, 5.41) is 0. The van der Waals surface area contributed by atoms with Crippen molar-refractivity contribution in [3.8, 4) is 5.75 Å². The van der Waals surface area contributed by atoms with Crippen molar-refractivity contribution >= 4 is 5.78 Å². The molecule has 1 aromatic rings. The molecule has 1 aromatic carbocycles. The SMILES string of the molecule is COc1ccc(C)c(F)c1C(=O)C(C)(F)F. The van der Waals surface area contributed by atoms with Crippen LogP contribution in [0.4, 0.5) is 13.2 Å². The van der Waals surface area contributed by atoms with Crippen LogP contribution in [0.15, 0.2) is 12.1 Å². The van der Waals surface area contributed by atoms with Gasteiger partial charge >= 0.3 is 5.92 Å². The van der Waals surface area contributed by atoms with Gasteiger partial charge in [0.2, 0.25) is 5.78 Å². The summed E-state index contributed by atoms with van der Waals surface area (Å²) >= 11 is 0. The van der Waals surface area contributed by atoms with E-state index in [1.54, 1.807) is 0 Å². The van der Waals surface area contributed by atoms with Gasteiger partial charge in [-0.3, -0.25) is 4.79 Å². The fraction of sp³-hybridized carbons (Fsp3) is 0.364. The van der Waals surface area contributed by atoms with Gasteiger partial charge < -0.3 is 4.74 Å². The van der Waals surface area contributed by atoms with Crippen LogP contribution in [0.3, 0.4) is 0 Å². The van der Waals surface area contributed by atoms with Crippen molar-refractivity contribution in [3.63, 3.8) is 0 Å². The van der Waals surface area contributed by atoms with Gasteiger partial charge in [0.25, 0.3) is 0 Å². The van der Waals surface area contributed by atoms with Crippen LogP contribution >= 0.6 is 0 Å². The third-order valence-electron chi connectivity index (χ3n) is 2.14. The first-order valence-electron chi connectivity index (χ1n) is 4.54.